The summed E-state index contributed by atoms with van der Waals surface area (Å²) in [5.41, 5.74) is 0.583. The van der Waals surface area contributed by atoms with Gasteiger partial charge in [0, 0.05) is 25.5 Å². The van der Waals surface area contributed by atoms with Crippen molar-refractivity contribution in [1.82, 2.24) is 0 Å². The minimum absolute atomic E-state index is 0.263. The maximum Gasteiger partial charge on any atom is 0.636 e. The molecule has 0 aliphatic carbocycles. The average Bonchev–Trinajstić information content (AvgIpc) is 3.11. The summed E-state index contributed by atoms with van der Waals surface area (Å²) < 4.78 is 17.9. The number of carbonyl (C=O) groups excluding carboxylic acids is 2. The number of hydrogen-bond acceptors (Lipinski definition) is 6. The molecule has 0 bridgehead atoms. The minimum atomic E-state index is -3.36. The Morgan fingerprint density at radius 1 is 0.451 bits per heavy atom. The third-order valence-corrected chi connectivity index (χ3v) is 12.5. The predicted molar refractivity (Wildman–Crippen MR) is 225 cm³/mol. The maximum atomic E-state index is 12.9. The van der Waals surface area contributed by atoms with E-state index in [1.807, 2.05) is 6.92 Å². The Bertz CT molecular complexity index is 689. The summed E-state index contributed by atoms with van der Waals surface area (Å²) in [6.45, 7) is 8.92. The van der Waals surface area contributed by atoms with E-state index < -0.39 is 8.80 Å². The number of aliphatic hydroxyl groups excluding tert-OH is 1. The van der Waals surface area contributed by atoms with Gasteiger partial charge in [-0.3, -0.25) is 9.59 Å². The fourth-order valence-electron chi connectivity index (χ4n) is 6.60. The highest BCUT2D eigenvalue weighted by atomic mass is 32.1. The third-order valence-electron chi connectivity index (χ3n) is 9.71. The predicted octanol–water partition coefficient (Wildman–Crippen LogP) is 14.9. The molecule has 0 aromatic heterocycles. The molecule has 0 amide bonds. The van der Waals surface area contributed by atoms with Gasteiger partial charge in [0.15, 0.2) is 0 Å². The molecule has 0 aliphatic heterocycles. The molecule has 304 valence electrons. The zero-order valence-electron chi connectivity index (χ0n) is 34.4. The van der Waals surface area contributed by atoms with Crippen molar-refractivity contribution in [1.29, 1.82) is 0 Å². The lowest BCUT2D eigenvalue weighted by Crippen LogP contribution is -2.49. The van der Waals surface area contributed by atoms with Gasteiger partial charge in [-0.05, 0) is 38.4 Å². The summed E-state index contributed by atoms with van der Waals surface area (Å²) in [6.07, 6.45) is 41.4. The van der Waals surface area contributed by atoms with Crippen LogP contribution in [-0.2, 0) is 22.9 Å². The van der Waals surface area contributed by atoms with Crippen LogP contribution in [-0.4, -0.2) is 38.0 Å². The van der Waals surface area contributed by atoms with Gasteiger partial charge in [-0.1, -0.05) is 207 Å². The second-order valence-corrected chi connectivity index (χ2v) is 17.4. The molecule has 0 saturated carbocycles. The van der Waals surface area contributed by atoms with Crippen LogP contribution in [0.15, 0.2) is 0 Å². The van der Waals surface area contributed by atoms with E-state index >= 15 is 0 Å². The first kappa shape index (κ1) is 52.1. The number of rotatable bonds is 39. The van der Waals surface area contributed by atoms with Crippen molar-refractivity contribution in [3.8, 4) is 0 Å². The van der Waals surface area contributed by atoms with Crippen LogP contribution in [0.5, 0.6) is 0 Å². The first-order valence-corrected chi connectivity index (χ1v) is 24.5. The van der Waals surface area contributed by atoms with Gasteiger partial charge < -0.3 is 18.4 Å². The molecule has 0 aromatic rings. The van der Waals surface area contributed by atoms with Crippen LogP contribution < -0.4 is 0 Å². The lowest BCUT2D eigenvalue weighted by atomic mass is 10.0. The molecule has 0 spiro atoms. The summed E-state index contributed by atoms with van der Waals surface area (Å²) in [5, 5.41) is 7.26. The van der Waals surface area contributed by atoms with E-state index in [-0.39, 0.29) is 11.9 Å². The van der Waals surface area contributed by atoms with Crippen LogP contribution in [0.1, 0.15) is 246 Å². The molecule has 1 N–H and O–H groups in total. The van der Waals surface area contributed by atoms with Crippen molar-refractivity contribution >= 4 is 38.5 Å². The van der Waals surface area contributed by atoms with E-state index in [1.54, 1.807) is 0 Å². The molecule has 0 rings (SSSR count). The molecule has 0 saturated heterocycles. The Hall–Kier alpha value is -0.993. The van der Waals surface area contributed by atoms with E-state index in [0.717, 1.165) is 38.5 Å². The van der Waals surface area contributed by atoms with Crippen LogP contribution in [0.3, 0.4) is 0 Å². The molecule has 0 aromatic carbocycles. The quantitative estimate of drug-likeness (QED) is 0.0380. The molecular weight excluding hydrogens is 673 g/mol. The Labute approximate surface area is 324 Å². The van der Waals surface area contributed by atoms with E-state index in [9.17, 15) is 9.59 Å². The fraction of sp³-hybridized carbons (Fsp3) is 0.930. The number of hydrogen-bond donors (Lipinski definition) is 1. The highest BCUT2D eigenvalue weighted by Gasteiger charge is 2.48. The van der Waals surface area contributed by atoms with Crippen LogP contribution >= 0.6 is 12.2 Å². The lowest BCUT2D eigenvalue weighted by Gasteiger charge is -2.28. The molecule has 51 heavy (non-hydrogen) atoms. The highest BCUT2D eigenvalue weighted by Crippen LogP contribution is 2.23. The Morgan fingerprint density at radius 3 is 0.922 bits per heavy atom. The topological polar surface area (TPSA) is 82.1 Å². The van der Waals surface area contributed by atoms with Gasteiger partial charge >= 0.3 is 8.80 Å². The first-order chi connectivity index (χ1) is 24.9. The smallest absolute Gasteiger partial charge is 0.504 e. The van der Waals surface area contributed by atoms with Crippen molar-refractivity contribution in [3.63, 3.8) is 0 Å². The Balaban J connectivity index is 0. The van der Waals surface area contributed by atoms with Gasteiger partial charge in [0.05, 0.1) is 0 Å². The van der Waals surface area contributed by atoms with Crippen LogP contribution in [0, 0.1) is 0 Å². The standard InChI is InChI=1S/C42H84O5Si.CH2OS/c1-5-9-12-14-16-18-20-22-24-26-28-30-32-34-36-38-41(43)46-48(45-8-4,40-11-7-3)47-42(44)39-37-35-33-31-29-27-25-23-21-19-17-15-13-10-6-2;2-1-3/h5-40H2,1-4H3;1H,(H,2,3). The minimum Gasteiger partial charge on any atom is -0.504 e. The Morgan fingerprint density at radius 2 is 0.686 bits per heavy atom. The van der Waals surface area contributed by atoms with E-state index in [4.69, 9.17) is 18.4 Å². The average molecular weight is 759 g/mol. The zero-order valence-corrected chi connectivity index (χ0v) is 36.2. The number of carbonyl (C=O) groups is 2. The molecule has 0 heterocycles. The fourth-order valence-corrected chi connectivity index (χ4v) is 9.23. The van der Waals surface area contributed by atoms with Crippen molar-refractivity contribution in [2.75, 3.05) is 6.61 Å². The van der Waals surface area contributed by atoms with Crippen LogP contribution in [0.2, 0.25) is 6.04 Å². The largest absolute Gasteiger partial charge is 0.636 e. The zero-order chi connectivity index (χ0) is 37.9. The first-order valence-electron chi connectivity index (χ1n) is 22.1. The number of aliphatic hydroxyl groups is 1. The van der Waals surface area contributed by atoms with Gasteiger partial charge in [0.25, 0.3) is 11.9 Å². The molecule has 0 unspecified atom stereocenters. The second kappa shape index (κ2) is 43.4. The third kappa shape index (κ3) is 40.0. The highest BCUT2D eigenvalue weighted by molar-refractivity contribution is 7.78. The Kier molecular flexibility index (Phi) is 44.4. The maximum absolute atomic E-state index is 12.9. The van der Waals surface area contributed by atoms with Crippen molar-refractivity contribution in [2.45, 2.75) is 252 Å². The number of thiocarbonyl (C=S) groups is 1. The molecule has 0 fully saturated rings. The van der Waals surface area contributed by atoms with Crippen LogP contribution in [0.25, 0.3) is 0 Å². The summed E-state index contributed by atoms with van der Waals surface area (Å²) >= 11 is 3.82. The van der Waals surface area contributed by atoms with E-state index in [2.05, 4.69) is 33.0 Å². The summed E-state index contributed by atoms with van der Waals surface area (Å²) in [7, 11) is -3.36. The monoisotopic (exact) mass is 759 g/mol. The van der Waals surface area contributed by atoms with Gasteiger partial charge in [-0.25, -0.2) is 0 Å². The van der Waals surface area contributed by atoms with Crippen LogP contribution in [0.4, 0.5) is 0 Å². The van der Waals surface area contributed by atoms with Gasteiger partial charge in [0.1, 0.15) is 5.55 Å². The molecule has 0 radical (unpaired) electrons. The van der Waals surface area contributed by atoms with Crippen molar-refractivity contribution < 1.29 is 28.0 Å². The van der Waals surface area contributed by atoms with E-state index in [1.165, 1.54) is 167 Å². The van der Waals surface area contributed by atoms with E-state index in [0.29, 0.717) is 31.0 Å². The summed E-state index contributed by atoms with van der Waals surface area (Å²) in [5.74, 6) is -0.527. The molecule has 0 aliphatic rings. The van der Waals surface area contributed by atoms with Crippen molar-refractivity contribution in [3.05, 3.63) is 0 Å². The van der Waals surface area contributed by atoms with Crippen molar-refractivity contribution in [2.24, 2.45) is 0 Å². The molecular formula is C43H86O6SSi. The lowest BCUT2D eigenvalue weighted by molar-refractivity contribution is -0.146. The SMILES string of the molecule is CCCCCCCCCCCCCCCCCC(=O)O[Si](CCCC)(OCC)OC(=O)CCCCCCCCCCCCCCCCC.OC=S. The number of unbranched alkanes of at least 4 members (excludes halogenated alkanes) is 29. The summed E-state index contributed by atoms with van der Waals surface area (Å²) in [4.78, 5) is 25.7. The van der Waals surface area contributed by atoms with Gasteiger partial charge in [-0.15, -0.1) is 0 Å². The molecule has 8 heteroatoms. The molecule has 6 nitrogen and oxygen atoms in total. The molecule has 0 atom stereocenters. The normalized spacial score (nSPS) is 11.2. The van der Waals surface area contributed by atoms with Gasteiger partial charge in [0.2, 0.25) is 0 Å². The van der Waals surface area contributed by atoms with Gasteiger partial charge in [-0.2, -0.15) is 0 Å². The summed E-state index contributed by atoms with van der Waals surface area (Å²) in [6, 6.07) is 0.520. The second-order valence-electron chi connectivity index (χ2n) is 14.7.